The van der Waals surface area contributed by atoms with Crippen LogP contribution < -0.4 is 9.30 Å². The summed E-state index contributed by atoms with van der Waals surface area (Å²) in [5, 5.41) is 0. The molecule has 0 radical (unpaired) electrons. The summed E-state index contributed by atoms with van der Waals surface area (Å²) in [7, 11) is 0. The Bertz CT molecular complexity index is 3370. The van der Waals surface area contributed by atoms with Gasteiger partial charge in [0.25, 0.3) is 6.33 Å². The molecule has 61 heavy (non-hydrogen) atoms. The van der Waals surface area contributed by atoms with Gasteiger partial charge in [-0.2, -0.15) is 12.1 Å². The molecule has 3 aromatic heterocycles. The minimum atomic E-state index is -0.282. The van der Waals surface area contributed by atoms with Crippen molar-refractivity contribution in [2.24, 2.45) is 0 Å². The summed E-state index contributed by atoms with van der Waals surface area (Å²) < 4.78 is 15.3. The Labute approximate surface area is 368 Å². The second-order valence-electron chi connectivity index (χ2n) is 16.7. The third-order valence-electron chi connectivity index (χ3n) is 13.0. The van der Waals surface area contributed by atoms with Crippen LogP contribution in [0.15, 0.2) is 158 Å². The van der Waals surface area contributed by atoms with Crippen molar-refractivity contribution in [1.29, 1.82) is 0 Å². The topological polar surface area (TPSA) is 53.7 Å². The molecule has 0 saturated heterocycles. The number of imidazole rings is 3. The molecule has 0 saturated carbocycles. The average molecular weight is 970 g/mol. The second kappa shape index (κ2) is 13.6. The van der Waals surface area contributed by atoms with Crippen LogP contribution in [0.5, 0.6) is 11.5 Å². The Kier molecular flexibility index (Phi) is 8.29. The van der Waals surface area contributed by atoms with Gasteiger partial charge in [-0.3, -0.25) is 14.1 Å². The van der Waals surface area contributed by atoms with E-state index in [9.17, 15) is 0 Å². The molecule has 0 fully saturated rings. The third kappa shape index (κ3) is 5.36. The van der Waals surface area contributed by atoms with Crippen LogP contribution in [-0.4, -0.2) is 23.7 Å². The molecule has 8 heteroatoms. The number of benzene rings is 7. The quantitative estimate of drug-likeness (QED) is 0.130. The van der Waals surface area contributed by atoms with Gasteiger partial charge in [-0.25, -0.2) is 4.98 Å². The first kappa shape index (κ1) is 37.2. The number of aromatic nitrogens is 6. The smallest absolute Gasteiger partial charge is 0.268 e. The van der Waals surface area contributed by atoms with Crippen LogP contribution in [-0.2, 0) is 32.0 Å². The average Bonchev–Trinajstić information content (AvgIpc) is 4.03. The van der Waals surface area contributed by atoms with Crippen LogP contribution in [0.1, 0.15) is 33.5 Å². The molecule has 0 N–H and O–H groups in total. The summed E-state index contributed by atoms with van der Waals surface area (Å²) in [4.78, 5) is 9.90. The zero-order valence-electron chi connectivity index (χ0n) is 33.9. The fraction of sp³-hybridized carbons (Fsp3) is 0.113. The minimum absolute atomic E-state index is 0. The third-order valence-corrected chi connectivity index (χ3v) is 13.0. The number of hydrogen-bond donors (Lipinski definition) is 0. The van der Waals surface area contributed by atoms with Gasteiger partial charge in [0.05, 0.1) is 22.3 Å². The molecule has 7 nitrogen and oxygen atoms in total. The zero-order chi connectivity index (χ0) is 40.3. The van der Waals surface area contributed by atoms with E-state index in [0.717, 1.165) is 73.0 Å². The Morgan fingerprint density at radius 2 is 1.23 bits per heavy atom. The molecule has 0 bridgehead atoms. The molecule has 0 aliphatic carbocycles. The predicted octanol–water partition coefficient (Wildman–Crippen LogP) is 11.6. The Balaban J connectivity index is 0.00000420. The van der Waals surface area contributed by atoms with Crippen molar-refractivity contribution in [2.45, 2.75) is 38.6 Å². The SMILES string of the molecule is CC1(C)c2nc3ccc(Oc4[c-]c(-n5[c-][n+]6c7c(cccc75)-c5ccccc5-c5ccccc5-c5cccc(-c7ccccc7)c5-6)ccc4)[c-]c3n2-c2nccn2C1(C)C.[Pt]. The first-order valence-electron chi connectivity index (χ1n) is 20.3. The molecular weight excluding hydrogens is 932 g/mol. The molecule has 12 rings (SSSR count). The van der Waals surface area contributed by atoms with Gasteiger partial charge in [0, 0.05) is 50.4 Å². The van der Waals surface area contributed by atoms with Gasteiger partial charge in [0.2, 0.25) is 5.95 Å². The molecule has 2 aliphatic heterocycles. The van der Waals surface area contributed by atoms with Crippen LogP contribution in [0.2, 0.25) is 0 Å². The number of hydrogen-bond acceptors (Lipinski definition) is 3. The Morgan fingerprint density at radius 3 is 2.00 bits per heavy atom. The fourth-order valence-corrected chi connectivity index (χ4v) is 9.35. The molecule has 5 heterocycles. The molecule has 0 unspecified atom stereocenters. The van der Waals surface area contributed by atoms with Gasteiger partial charge < -0.3 is 13.9 Å². The molecule has 0 atom stereocenters. The van der Waals surface area contributed by atoms with Crippen LogP contribution in [0.25, 0.3) is 83.9 Å². The van der Waals surface area contributed by atoms with Gasteiger partial charge in [0.1, 0.15) is 5.82 Å². The van der Waals surface area contributed by atoms with Crippen molar-refractivity contribution in [1.82, 2.24) is 23.7 Å². The van der Waals surface area contributed by atoms with Crippen molar-refractivity contribution < 1.29 is 30.4 Å². The molecular formula is C53H38N6OPt-2. The molecule has 0 amide bonds. The molecule has 7 aromatic carbocycles. The molecule has 298 valence electrons. The maximum Gasteiger partial charge on any atom is 0.268 e. The van der Waals surface area contributed by atoms with Crippen molar-refractivity contribution in [2.75, 3.05) is 0 Å². The van der Waals surface area contributed by atoms with Gasteiger partial charge >= 0.3 is 0 Å². The van der Waals surface area contributed by atoms with E-state index in [0.29, 0.717) is 11.5 Å². The largest absolute Gasteiger partial charge is 0.510 e. The summed E-state index contributed by atoms with van der Waals surface area (Å²) in [5.74, 6) is 2.91. The van der Waals surface area contributed by atoms with Crippen molar-refractivity contribution >= 4 is 22.1 Å². The minimum Gasteiger partial charge on any atom is -0.510 e. The number of nitrogens with zero attached hydrogens (tertiary/aromatic N) is 6. The van der Waals surface area contributed by atoms with Gasteiger partial charge in [0.15, 0.2) is 0 Å². The number of ether oxygens (including phenoxy) is 1. The number of rotatable bonds is 4. The summed E-state index contributed by atoms with van der Waals surface area (Å²) >= 11 is 0. The van der Waals surface area contributed by atoms with E-state index in [-0.39, 0.29) is 32.0 Å². The molecule has 0 spiro atoms. The second-order valence-corrected chi connectivity index (χ2v) is 16.7. The standard InChI is InChI=1S/C53H38N6O.Pt/c1-52(2)50-55-45-28-27-37(32-47(45)59(50)51-54-29-30-58(51)53(52,3)4)60-36-18-12-17-35(31-36)56-33-57-48-38(34-15-6-5-7-16-34)23-13-24-43(48)41-21-10-8-19-39(41)40-20-9-11-22-42(40)44-25-14-26-46(56)49(44)57;/h5-30H,1-4H3;/q-2;. The summed E-state index contributed by atoms with van der Waals surface area (Å²) in [6, 6.07) is 58.4. The van der Waals surface area contributed by atoms with Crippen LogP contribution >= 0.6 is 0 Å². The number of para-hydroxylation sites is 2. The fourth-order valence-electron chi connectivity index (χ4n) is 9.35. The van der Waals surface area contributed by atoms with Gasteiger partial charge in [-0.05, 0) is 75.1 Å². The van der Waals surface area contributed by atoms with Crippen molar-refractivity contribution in [3.8, 4) is 73.3 Å². The van der Waals surface area contributed by atoms with Gasteiger partial charge in [-0.15, -0.1) is 30.3 Å². The summed E-state index contributed by atoms with van der Waals surface area (Å²) in [6.45, 7) is 8.96. The van der Waals surface area contributed by atoms with E-state index in [1.54, 1.807) is 0 Å². The summed E-state index contributed by atoms with van der Waals surface area (Å²) in [5.41, 5.74) is 14.3. The number of fused-ring (bicyclic) bond motifs is 12. The normalized spacial score (nSPS) is 14.0. The van der Waals surface area contributed by atoms with E-state index in [1.165, 1.54) is 16.7 Å². The van der Waals surface area contributed by atoms with Gasteiger partial charge in [-0.1, -0.05) is 129 Å². The maximum absolute atomic E-state index is 6.61. The molecule has 10 aromatic rings. The van der Waals surface area contributed by atoms with Crippen LogP contribution in [0, 0.1) is 18.5 Å². The van der Waals surface area contributed by atoms with E-state index in [2.05, 4.69) is 186 Å². The predicted molar refractivity (Wildman–Crippen MR) is 236 cm³/mol. The monoisotopic (exact) mass is 969 g/mol. The van der Waals surface area contributed by atoms with E-state index >= 15 is 0 Å². The first-order valence-corrected chi connectivity index (χ1v) is 20.3. The first-order chi connectivity index (χ1) is 29.3. The van der Waals surface area contributed by atoms with Crippen LogP contribution in [0.3, 0.4) is 0 Å². The Hall–Kier alpha value is -6.82. The Morgan fingerprint density at radius 1 is 0.607 bits per heavy atom. The van der Waals surface area contributed by atoms with E-state index < -0.39 is 0 Å². The van der Waals surface area contributed by atoms with E-state index in [1.807, 2.05) is 36.7 Å². The maximum atomic E-state index is 6.61. The van der Waals surface area contributed by atoms with E-state index in [4.69, 9.17) is 14.7 Å². The van der Waals surface area contributed by atoms with Crippen molar-refractivity contribution in [3.63, 3.8) is 0 Å². The summed E-state index contributed by atoms with van der Waals surface area (Å²) in [6.07, 6.45) is 7.76. The van der Waals surface area contributed by atoms with Crippen LogP contribution in [0.4, 0.5) is 0 Å². The van der Waals surface area contributed by atoms with Crippen molar-refractivity contribution in [3.05, 3.63) is 182 Å². The molecule has 2 aliphatic rings. The zero-order valence-corrected chi connectivity index (χ0v) is 36.2.